The lowest BCUT2D eigenvalue weighted by Gasteiger charge is -2.31. The molecule has 0 radical (unpaired) electrons. The SMILES string of the molecule is C[C@@H](O)COc1ccc(C(=O)NC[C@](O)(c2cc3c(c(-c4ccc(F)cc4)n2)OC[C@@]3(F)C(N)=O)C(F)(F)F)cc1OC1CC1. The Bertz CT molecular complexity index is 1610. The molecule has 0 unspecified atom stereocenters. The summed E-state index contributed by atoms with van der Waals surface area (Å²) in [6.07, 6.45) is -4.94. The Hall–Kier alpha value is -4.50. The molecule has 1 saturated carbocycles. The number of fused-ring (bicyclic) bond motifs is 1. The van der Waals surface area contributed by atoms with Gasteiger partial charge in [-0.3, -0.25) is 9.59 Å². The number of carbonyl (C=O) groups excluding carboxylic acids is 2. The average molecular weight is 638 g/mol. The lowest BCUT2D eigenvalue weighted by molar-refractivity contribution is -0.265. The third-order valence-corrected chi connectivity index (χ3v) is 7.22. The summed E-state index contributed by atoms with van der Waals surface area (Å²) in [6, 6.07) is 8.58. The van der Waals surface area contributed by atoms with Crippen LogP contribution in [-0.2, 0) is 16.1 Å². The minimum atomic E-state index is -5.49. The van der Waals surface area contributed by atoms with Gasteiger partial charge in [0.15, 0.2) is 17.2 Å². The molecule has 3 atom stereocenters. The van der Waals surface area contributed by atoms with Gasteiger partial charge in [0.1, 0.15) is 24.7 Å². The Labute approximate surface area is 252 Å². The number of benzene rings is 2. The molecular weight excluding hydrogens is 609 g/mol. The number of pyridine rings is 1. The lowest BCUT2D eigenvalue weighted by Crippen LogP contribution is -2.51. The van der Waals surface area contributed by atoms with Crippen LogP contribution in [0.2, 0.25) is 0 Å². The first-order chi connectivity index (χ1) is 21.1. The molecule has 1 aliphatic carbocycles. The van der Waals surface area contributed by atoms with Gasteiger partial charge in [-0.1, -0.05) is 0 Å². The van der Waals surface area contributed by atoms with E-state index in [1.807, 2.05) is 5.32 Å². The van der Waals surface area contributed by atoms with Crippen molar-refractivity contribution in [3.05, 3.63) is 71.2 Å². The van der Waals surface area contributed by atoms with Crippen LogP contribution < -0.4 is 25.3 Å². The van der Waals surface area contributed by atoms with Crippen LogP contribution in [0.4, 0.5) is 22.0 Å². The average Bonchev–Trinajstić information content (AvgIpc) is 3.74. The summed E-state index contributed by atoms with van der Waals surface area (Å²) < 4.78 is 89.6. The molecule has 3 aromatic rings. The number of nitrogens with one attached hydrogen (secondary N) is 1. The Morgan fingerprint density at radius 2 is 1.84 bits per heavy atom. The van der Waals surface area contributed by atoms with Gasteiger partial charge in [0.25, 0.3) is 17.5 Å². The predicted molar refractivity (Wildman–Crippen MR) is 147 cm³/mol. The molecule has 1 aliphatic heterocycles. The molecule has 240 valence electrons. The lowest BCUT2D eigenvalue weighted by atomic mass is 9.90. The number of aliphatic hydroxyl groups excluding tert-OH is 1. The summed E-state index contributed by atoms with van der Waals surface area (Å²) in [5.41, 5.74) is -4.25. The second-order valence-corrected chi connectivity index (χ2v) is 10.9. The van der Waals surface area contributed by atoms with E-state index in [1.165, 1.54) is 25.1 Å². The Kier molecular flexibility index (Phi) is 8.35. The Morgan fingerprint density at radius 1 is 1.16 bits per heavy atom. The van der Waals surface area contributed by atoms with E-state index in [4.69, 9.17) is 19.9 Å². The number of rotatable bonds is 11. The van der Waals surface area contributed by atoms with E-state index >= 15 is 4.39 Å². The number of aliphatic hydroxyl groups is 2. The van der Waals surface area contributed by atoms with Crippen LogP contribution in [0.3, 0.4) is 0 Å². The largest absolute Gasteiger partial charge is 0.487 e. The summed E-state index contributed by atoms with van der Waals surface area (Å²) in [5, 5.41) is 22.7. The molecule has 0 spiro atoms. The molecule has 1 aromatic heterocycles. The second-order valence-electron chi connectivity index (χ2n) is 10.9. The number of nitrogens with zero attached hydrogens (tertiary/aromatic N) is 1. The molecule has 2 amide bonds. The van der Waals surface area contributed by atoms with Gasteiger partial charge in [0.05, 0.1) is 24.4 Å². The number of hydrogen-bond acceptors (Lipinski definition) is 8. The summed E-state index contributed by atoms with van der Waals surface area (Å²) in [4.78, 5) is 29.0. The number of primary amides is 1. The Morgan fingerprint density at radius 3 is 2.44 bits per heavy atom. The molecule has 1 fully saturated rings. The fourth-order valence-electron chi connectivity index (χ4n) is 4.53. The minimum Gasteiger partial charge on any atom is -0.487 e. The van der Waals surface area contributed by atoms with Crippen molar-refractivity contribution in [3.8, 4) is 28.5 Å². The van der Waals surface area contributed by atoms with Crippen molar-refractivity contribution < 1.29 is 56.0 Å². The molecule has 5 N–H and O–H groups in total. The minimum absolute atomic E-state index is 0.0159. The maximum Gasteiger partial charge on any atom is 0.424 e. The molecule has 45 heavy (non-hydrogen) atoms. The normalized spacial score (nSPS) is 19.6. The number of halogens is 5. The number of amides is 2. The zero-order valence-electron chi connectivity index (χ0n) is 23.7. The maximum absolute atomic E-state index is 15.7. The van der Waals surface area contributed by atoms with Gasteiger partial charge in [-0.25, -0.2) is 13.8 Å². The molecule has 0 saturated heterocycles. The van der Waals surface area contributed by atoms with Crippen molar-refractivity contribution in [2.75, 3.05) is 19.8 Å². The first kappa shape index (κ1) is 31.9. The number of hydrogen-bond donors (Lipinski definition) is 4. The van der Waals surface area contributed by atoms with Gasteiger partial charge in [0, 0.05) is 16.7 Å². The van der Waals surface area contributed by atoms with Crippen molar-refractivity contribution in [2.24, 2.45) is 5.73 Å². The van der Waals surface area contributed by atoms with Crippen LogP contribution in [-0.4, -0.2) is 65.2 Å². The summed E-state index contributed by atoms with van der Waals surface area (Å²) in [6.45, 7) is -1.04. The van der Waals surface area contributed by atoms with Crippen molar-refractivity contribution in [2.45, 2.75) is 49.4 Å². The zero-order chi connectivity index (χ0) is 32.7. The molecule has 2 aromatic carbocycles. The van der Waals surface area contributed by atoms with Gasteiger partial charge in [-0.05, 0) is 68.3 Å². The highest BCUT2D eigenvalue weighted by Crippen LogP contribution is 2.48. The van der Waals surface area contributed by atoms with Gasteiger partial charge in [0.2, 0.25) is 5.60 Å². The number of aromatic nitrogens is 1. The summed E-state index contributed by atoms with van der Waals surface area (Å²) >= 11 is 0. The number of alkyl halides is 4. The highest BCUT2D eigenvalue weighted by atomic mass is 19.4. The third-order valence-electron chi connectivity index (χ3n) is 7.22. The van der Waals surface area contributed by atoms with Gasteiger partial charge >= 0.3 is 6.18 Å². The summed E-state index contributed by atoms with van der Waals surface area (Å²) in [5.74, 6) is -3.37. The second kappa shape index (κ2) is 11.8. The van der Waals surface area contributed by atoms with Crippen LogP contribution >= 0.6 is 0 Å². The molecule has 5 rings (SSSR count). The smallest absolute Gasteiger partial charge is 0.424 e. The monoisotopic (exact) mass is 637 g/mol. The van der Waals surface area contributed by atoms with E-state index in [0.29, 0.717) is 6.07 Å². The van der Waals surface area contributed by atoms with Crippen LogP contribution in [0.1, 0.15) is 41.4 Å². The van der Waals surface area contributed by atoms with Crippen LogP contribution in [0, 0.1) is 5.82 Å². The van der Waals surface area contributed by atoms with E-state index in [1.54, 1.807) is 0 Å². The zero-order valence-corrected chi connectivity index (χ0v) is 23.7. The first-order valence-corrected chi connectivity index (χ1v) is 13.7. The van der Waals surface area contributed by atoms with E-state index in [9.17, 15) is 37.4 Å². The van der Waals surface area contributed by atoms with Crippen molar-refractivity contribution in [3.63, 3.8) is 0 Å². The standard InChI is InChI=1S/C30H28F5N3O7/c1-15(39)12-43-21-9-4-17(10-22(21)45-19-7-8-19)26(40)37-13-29(42,30(33,34)35)23-11-20-25(44-14-28(20,32)27(36)41)24(38-23)16-2-5-18(31)6-3-16/h2-6,9-11,15,19,39,42H,7-8,12-14H2,1H3,(H2,36,41)(H,37,40)/t15-,28+,29+/m1/s1. The van der Waals surface area contributed by atoms with E-state index in [-0.39, 0.29) is 35.3 Å². The van der Waals surface area contributed by atoms with Crippen molar-refractivity contribution >= 4 is 11.8 Å². The molecule has 10 nitrogen and oxygen atoms in total. The fourth-order valence-corrected chi connectivity index (χ4v) is 4.53. The highest BCUT2D eigenvalue weighted by molar-refractivity contribution is 5.95. The van der Waals surface area contributed by atoms with Crippen LogP contribution in [0.25, 0.3) is 11.3 Å². The maximum atomic E-state index is 15.7. The number of nitrogens with two attached hydrogens (primary N) is 1. The molecule has 2 heterocycles. The fraction of sp³-hybridized carbons (Fsp3) is 0.367. The van der Waals surface area contributed by atoms with Crippen LogP contribution in [0.15, 0.2) is 48.5 Å². The third kappa shape index (κ3) is 6.35. The highest BCUT2D eigenvalue weighted by Gasteiger charge is 2.58. The topological polar surface area (TPSA) is 153 Å². The predicted octanol–water partition coefficient (Wildman–Crippen LogP) is 3.41. The van der Waals surface area contributed by atoms with E-state index in [0.717, 1.165) is 37.1 Å². The molecule has 0 bridgehead atoms. The molecular formula is C30H28F5N3O7. The van der Waals surface area contributed by atoms with Gasteiger partial charge in [-0.15, -0.1) is 0 Å². The summed E-state index contributed by atoms with van der Waals surface area (Å²) in [7, 11) is 0. The molecule has 2 aliphatic rings. The number of ether oxygens (including phenoxy) is 3. The first-order valence-electron chi connectivity index (χ1n) is 13.7. The molecule has 15 heteroatoms. The van der Waals surface area contributed by atoms with Crippen molar-refractivity contribution in [1.82, 2.24) is 10.3 Å². The van der Waals surface area contributed by atoms with E-state index < -0.39 is 77.0 Å². The number of carbonyl (C=O) groups is 2. The quantitative estimate of drug-likeness (QED) is 0.234. The van der Waals surface area contributed by atoms with Crippen LogP contribution in [0.5, 0.6) is 17.2 Å². The Balaban J connectivity index is 1.50. The van der Waals surface area contributed by atoms with Crippen molar-refractivity contribution in [1.29, 1.82) is 0 Å². The van der Waals surface area contributed by atoms with E-state index in [2.05, 4.69) is 4.98 Å². The van der Waals surface area contributed by atoms with Gasteiger partial charge < -0.3 is 35.5 Å². The van der Waals surface area contributed by atoms with Gasteiger partial charge in [-0.2, -0.15) is 13.2 Å².